The predicted molar refractivity (Wildman–Crippen MR) is 45.5 cm³/mol. The fourth-order valence-electron chi connectivity index (χ4n) is 0.784. The van der Waals surface area contributed by atoms with E-state index in [2.05, 4.69) is 31.2 Å². The van der Waals surface area contributed by atoms with Gasteiger partial charge >= 0.3 is 0 Å². The van der Waals surface area contributed by atoms with Crippen LogP contribution in [0, 0.1) is 6.92 Å². The van der Waals surface area contributed by atoms with Crippen LogP contribution < -0.4 is 0 Å². The highest BCUT2D eigenvalue weighted by Gasteiger charge is 1.79. The quantitative estimate of drug-likeness (QED) is 0.579. The van der Waals surface area contributed by atoms with Crippen LogP contribution in [-0.4, -0.2) is 0 Å². The van der Waals surface area contributed by atoms with Gasteiger partial charge in [0.15, 0.2) is 0 Å². The minimum absolute atomic E-state index is 0.856. The van der Waals surface area contributed by atoms with Crippen molar-refractivity contribution in [2.24, 2.45) is 0 Å². The molecule has 1 aromatic carbocycles. The van der Waals surface area contributed by atoms with Crippen molar-refractivity contribution < 1.29 is 0 Å². The van der Waals surface area contributed by atoms with E-state index in [0.717, 1.165) is 6.42 Å². The normalized spacial score (nSPS) is 10.5. The Morgan fingerprint density at radius 2 is 1.90 bits per heavy atom. The number of allylic oxidation sites excluding steroid dienone is 1. The second kappa shape index (κ2) is 3.89. The molecule has 10 heavy (non-hydrogen) atoms. The van der Waals surface area contributed by atoms with Crippen LogP contribution in [0.4, 0.5) is 0 Å². The van der Waals surface area contributed by atoms with Gasteiger partial charge in [0.2, 0.25) is 0 Å². The first kappa shape index (κ1) is 7.07. The summed E-state index contributed by atoms with van der Waals surface area (Å²) in [6.45, 7) is 3.71. The van der Waals surface area contributed by atoms with Gasteiger partial charge in [-0.3, -0.25) is 0 Å². The molecule has 0 heterocycles. The average molecular weight is 131 g/mol. The van der Waals surface area contributed by atoms with Crippen molar-refractivity contribution in [3.8, 4) is 0 Å². The molecule has 0 spiro atoms. The lowest BCUT2D eigenvalue weighted by atomic mass is 10.2. The molecule has 0 aromatic heterocycles. The first-order valence-corrected chi connectivity index (χ1v) is 3.44. The summed E-state index contributed by atoms with van der Waals surface area (Å²) in [6, 6.07) is 10.2. The minimum atomic E-state index is 0.856. The summed E-state index contributed by atoms with van der Waals surface area (Å²) < 4.78 is 0. The zero-order valence-electron chi connectivity index (χ0n) is 5.96. The molecule has 0 aliphatic carbocycles. The predicted octanol–water partition coefficient (Wildman–Crippen LogP) is 2.92. The van der Waals surface area contributed by atoms with E-state index in [1.807, 2.05) is 18.2 Å². The number of benzene rings is 1. The smallest absolute Gasteiger partial charge is 0.0260 e. The number of hydrogen-bond acceptors (Lipinski definition) is 0. The van der Waals surface area contributed by atoms with Gasteiger partial charge in [0.05, 0.1) is 0 Å². The fraction of sp³-hybridized carbons (Fsp3) is 0.100. The van der Waals surface area contributed by atoms with Gasteiger partial charge in [-0.15, -0.1) is 0 Å². The molecule has 0 fully saturated rings. The van der Waals surface area contributed by atoms with Crippen molar-refractivity contribution in [1.82, 2.24) is 0 Å². The molecule has 0 amide bonds. The highest BCUT2D eigenvalue weighted by Crippen LogP contribution is 2.00. The molecule has 0 unspecified atom stereocenters. The van der Waals surface area contributed by atoms with Crippen molar-refractivity contribution in [2.45, 2.75) is 6.42 Å². The van der Waals surface area contributed by atoms with Gasteiger partial charge in [-0.25, -0.2) is 0 Å². The Bertz CT molecular complexity index is 197. The Balaban J connectivity index is 2.67. The molecular formula is C10H11. The highest BCUT2D eigenvalue weighted by atomic mass is 13.8. The van der Waals surface area contributed by atoms with Crippen molar-refractivity contribution in [3.63, 3.8) is 0 Å². The molecule has 0 heteroatoms. The zero-order valence-corrected chi connectivity index (χ0v) is 5.96. The van der Waals surface area contributed by atoms with Crippen molar-refractivity contribution in [2.75, 3.05) is 0 Å². The van der Waals surface area contributed by atoms with Gasteiger partial charge in [0, 0.05) is 0 Å². The summed E-state index contributed by atoms with van der Waals surface area (Å²) >= 11 is 0. The maximum Gasteiger partial charge on any atom is -0.0260 e. The molecule has 1 radical (unpaired) electrons. The summed E-state index contributed by atoms with van der Waals surface area (Å²) in [7, 11) is 0. The van der Waals surface area contributed by atoms with E-state index < -0.39 is 0 Å². The molecule has 0 bridgehead atoms. The van der Waals surface area contributed by atoms with Gasteiger partial charge in [-0.2, -0.15) is 0 Å². The molecule has 1 rings (SSSR count). The molecule has 1 aromatic rings. The molecule has 51 valence electrons. The van der Waals surface area contributed by atoms with E-state index in [0.29, 0.717) is 0 Å². The second-order valence-corrected chi connectivity index (χ2v) is 2.10. The lowest BCUT2D eigenvalue weighted by Gasteiger charge is -1.88. The van der Waals surface area contributed by atoms with Crippen LogP contribution in [0.2, 0.25) is 0 Å². The SMILES string of the molecule is [CH2]CC=Cc1ccccc1. The third-order valence-electron chi connectivity index (χ3n) is 1.28. The van der Waals surface area contributed by atoms with Crippen LogP contribution in [-0.2, 0) is 0 Å². The topological polar surface area (TPSA) is 0 Å². The van der Waals surface area contributed by atoms with Crippen LogP contribution >= 0.6 is 0 Å². The first-order chi connectivity index (χ1) is 4.93. The lowest BCUT2D eigenvalue weighted by Crippen LogP contribution is -1.66. The lowest BCUT2D eigenvalue weighted by molar-refractivity contribution is 1.42. The van der Waals surface area contributed by atoms with E-state index in [1.54, 1.807) is 0 Å². The largest absolute Gasteiger partial charge is 0.0839 e. The number of rotatable bonds is 2. The molecule has 0 N–H and O–H groups in total. The van der Waals surface area contributed by atoms with Crippen molar-refractivity contribution in [1.29, 1.82) is 0 Å². The van der Waals surface area contributed by atoms with E-state index in [4.69, 9.17) is 0 Å². The Morgan fingerprint density at radius 3 is 2.50 bits per heavy atom. The summed E-state index contributed by atoms with van der Waals surface area (Å²) in [5, 5.41) is 0. The third kappa shape index (κ3) is 2.06. The van der Waals surface area contributed by atoms with E-state index in [9.17, 15) is 0 Å². The maximum absolute atomic E-state index is 3.71. The van der Waals surface area contributed by atoms with E-state index in [1.165, 1.54) is 5.56 Å². The molecule has 0 aliphatic rings. The van der Waals surface area contributed by atoms with Gasteiger partial charge in [0.25, 0.3) is 0 Å². The Kier molecular flexibility index (Phi) is 2.75. The van der Waals surface area contributed by atoms with Gasteiger partial charge in [-0.1, -0.05) is 42.5 Å². The number of hydrogen-bond donors (Lipinski definition) is 0. The minimum Gasteiger partial charge on any atom is -0.0839 e. The Morgan fingerprint density at radius 1 is 1.20 bits per heavy atom. The molecule has 0 saturated carbocycles. The van der Waals surface area contributed by atoms with Crippen LogP contribution in [0.3, 0.4) is 0 Å². The average Bonchev–Trinajstić information content (AvgIpc) is 2.03. The summed E-state index contributed by atoms with van der Waals surface area (Å²) in [4.78, 5) is 0. The third-order valence-corrected chi connectivity index (χ3v) is 1.28. The summed E-state index contributed by atoms with van der Waals surface area (Å²) in [6.07, 6.45) is 4.98. The second-order valence-electron chi connectivity index (χ2n) is 2.10. The van der Waals surface area contributed by atoms with Gasteiger partial charge < -0.3 is 0 Å². The Hall–Kier alpha value is -1.04. The van der Waals surface area contributed by atoms with Crippen LogP contribution in [0.1, 0.15) is 12.0 Å². The van der Waals surface area contributed by atoms with Crippen LogP contribution in [0.5, 0.6) is 0 Å². The fourth-order valence-corrected chi connectivity index (χ4v) is 0.784. The molecule has 0 aliphatic heterocycles. The molecule has 0 saturated heterocycles. The van der Waals surface area contributed by atoms with Crippen LogP contribution in [0.15, 0.2) is 36.4 Å². The molecule has 0 nitrogen and oxygen atoms in total. The maximum atomic E-state index is 3.71. The molecule has 0 atom stereocenters. The van der Waals surface area contributed by atoms with E-state index in [-0.39, 0.29) is 0 Å². The first-order valence-electron chi connectivity index (χ1n) is 3.44. The highest BCUT2D eigenvalue weighted by molar-refractivity contribution is 5.48. The standard InChI is InChI=1S/C10H11/c1-2-3-7-10-8-5-4-6-9-10/h3-9H,1-2H2. The van der Waals surface area contributed by atoms with E-state index >= 15 is 0 Å². The van der Waals surface area contributed by atoms with Crippen LogP contribution in [0.25, 0.3) is 6.08 Å². The van der Waals surface area contributed by atoms with Crippen molar-refractivity contribution in [3.05, 3.63) is 48.9 Å². The van der Waals surface area contributed by atoms with Gasteiger partial charge in [0.1, 0.15) is 0 Å². The zero-order chi connectivity index (χ0) is 7.23. The Labute approximate surface area is 62.2 Å². The van der Waals surface area contributed by atoms with Crippen molar-refractivity contribution >= 4 is 6.08 Å². The summed E-state index contributed by atoms with van der Waals surface area (Å²) in [5.41, 5.74) is 1.24. The van der Waals surface area contributed by atoms with Gasteiger partial charge in [-0.05, 0) is 18.9 Å². The monoisotopic (exact) mass is 131 g/mol. The summed E-state index contributed by atoms with van der Waals surface area (Å²) in [5.74, 6) is 0. The molecular weight excluding hydrogens is 120 g/mol.